The SMILES string of the molecule is C[C@@H](CN)OC(C)(C)O. The molecule has 3 nitrogen and oxygen atoms in total. The van der Waals surface area contributed by atoms with E-state index in [1.54, 1.807) is 13.8 Å². The van der Waals surface area contributed by atoms with Crippen LogP contribution in [0.25, 0.3) is 0 Å². The summed E-state index contributed by atoms with van der Waals surface area (Å²) in [5, 5.41) is 9.04. The Hall–Kier alpha value is -0.120. The fourth-order valence-electron chi connectivity index (χ4n) is 0.540. The Balaban J connectivity index is 3.47. The molecule has 0 amide bonds. The van der Waals surface area contributed by atoms with Crippen molar-refractivity contribution in [3.05, 3.63) is 0 Å². The van der Waals surface area contributed by atoms with Gasteiger partial charge in [-0.15, -0.1) is 0 Å². The van der Waals surface area contributed by atoms with Crippen LogP contribution in [0.2, 0.25) is 0 Å². The first-order valence-electron chi connectivity index (χ1n) is 3.06. The van der Waals surface area contributed by atoms with Crippen molar-refractivity contribution in [1.82, 2.24) is 0 Å². The molecule has 3 N–H and O–H groups in total. The van der Waals surface area contributed by atoms with Crippen LogP contribution in [-0.2, 0) is 4.74 Å². The zero-order valence-corrected chi connectivity index (χ0v) is 6.22. The molecule has 3 heteroatoms. The number of hydrogen-bond donors (Lipinski definition) is 2. The highest BCUT2D eigenvalue weighted by Crippen LogP contribution is 2.05. The summed E-state index contributed by atoms with van der Waals surface area (Å²) in [6.07, 6.45) is -0.0787. The Labute approximate surface area is 55.8 Å². The normalized spacial score (nSPS) is 15.7. The fourth-order valence-corrected chi connectivity index (χ4v) is 0.540. The second kappa shape index (κ2) is 3.15. The van der Waals surface area contributed by atoms with Crippen LogP contribution in [0.1, 0.15) is 20.8 Å². The maximum atomic E-state index is 9.04. The molecule has 56 valence electrons. The standard InChI is InChI=1S/C6H15NO2/c1-5(4-7)9-6(2,3)8/h5,8H,4,7H2,1-3H3/t5-/m0/s1. The molecule has 0 bridgehead atoms. The highest BCUT2D eigenvalue weighted by atomic mass is 16.6. The highest BCUT2D eigenvalue weighted by Gasteiger charge is 2.15. The van der Waals surface area contributed by atoms with Gasteiger partial charge in [-0.2, -0.15) is 0 Å². The lowest BCUT2D eigenvalue weighted by Crippen LogP contribution is -2.32. The van der Waals surface area contributed by atoms with Gasteiger partial charge in [-0.25, -0.2) is 0 Å². The van der Waals surface area contributed by atoms with Crippen molar-refractivity contribution >= 4 is 0 Å². The maximum absolute atomic E-state index is 9.04. The molecule has 1 atom stereocenters. The zero-order chi connectivity index (χ0) is 7.49. The van der Waals surface area contributed by atoms with Crippen LogP contribution >= 0.6 is 0 Å². The molecule has 0 aromatic carbocycles. The lowest BCUT2D eigenvalue weighted by molar-refractivity contribution is -0.198. The summed E-state index contributed by atoms with van der Waals surface area (Å²) >= 11 is 0. The van der Waals surface area contributed by atoms with Crippen LogP contribution in [0.5, 0.6) is 0 Å². The minimum atomic E-state index is -1.06. The van der Waals surface area contributed by atoms with Gasteiger partial charge >= 0.3 is 0 Å². The third-order valence-electron chi connectivity index (χ3n) is 0.822. The van der Waals surface area contributed by atoms with E-state index in [4.69, 9.17) is 15.6 Å². The number of hydrogen-bond acceptors (Lipinski definition) is 3. The first kappa shape index (κ1) is 8.88. The van der Waals surface area contributed by atoms with Crippen molar-refractivity contribution in [2.75, 3.05) is 6.54 Å². The maximum Gasteiger partial charge on any atom is 0.160 e. The topological polar surface area (TPSA) is 55.5 Å². The monoisotopic (exact) mass is 133 g/mol. The van der Waals surface area contributed by atoms with Gasteiger partial charge < -0.3 is 15.6 Å². The van der Waals surface area contributed by atoms with Crippen LogP contribution < -0.4 is 5.73 Å². The zero-order valence-electron chi connectivity index (χ0n) is 6.22. The van der Waals surface area contributed by atoms with E-state index in [-0.39, 0.29) is 6.10 Å². The molecule has 0 heterocycles. The van der Waals surface area contributed by atoms with E-state index in [0.29, 0.717) is 6.54 Å². The average Bonchev–Trinajstić information content (AvgIpc) is 1.62. The fraction of sp³-hybridized carbons (Fsp3) is 1.00. The van der Waals surface area contributed by atoms with Gasteiger partial charge in [-0.3, -0.25) is 0 Å². The molecule has 0 aromatic heterocycles. The minimum Gasteiger partial charge on any atom is -0.366 e. The summed E-state index contributed by atoms with van der Waals surface area (Å²) in [6.45, 7) is 5.42. The minimum absolute atomic E-state index is 0.0787. The molecule has 0 aliphatic carbocycles. The molecule has 0 saturated heterocycles. The summed E-state index contributed by atoms with van der Waals surface area (Å²) in [7, 11) is 0. The van der Waals surface area contributed by atoms with E-state index in [2.05, 4.69) is 0 Å². The molecule has 0 radical (unpaired) electrons. The summed E-state index contributed by atoms with van der Waals surface area (Å²) < 4.78 is 5.02. The van der Waals surface area contributed by atoms with E-state index >= 15 is 0 Å². The average molecular weight is 133 g/mol. The predicted octanol–water partition coefficient (Wildman–Crippen LogP) is 0.0786. The van der Waals surface area contributed by atoms with Crippen molar-refractivity contribution in [2.24, 2.45) is 5.73 Å². The van der Waals surface area contributed by atoms with Crippen molar-refractivity contribution < 1.29 is 9.84 Å². The number of aliphatic hydroxyl groups is 1. The predicted molar refractivity (Wildman–Crippen MR) is 35.9 cm³/mol. The first-order chi connectivity index (χ1) is 3.95. The highest BCUT2D eigenvalue weighted by molar-refractivity contribution is 4.55. The second-order valence-electron chi connectivity index (χ2n) is 2.61. The number of rotatable bonds is 3. The van der Waals surface area contributed by atoms with Crippen LogP contribution in [0.3, 0.4) is 0 Å². The van der Waals surface area contributed by atoms with Gasteiger partial charge in [0, 0.05) is 6.54 Å². The van der Waals surface area contributed by atoms with Gasteiger partial charge in [0.1, 0.15) is 0 Å². The molecular formula is C6H15NO2. The summed E-state index contributed by atoms with van der Waals surface area (Å²) in [5.74, 6) is -1.06. The van der Waals surface area contributed by atoms with Crippen molar-refractivity contribution in [3.63, 3.8) is 0 Å². The lowest BCUT2D eigenvalue weighted by Gasteiger charge is -2.22. The Bertz CT molecular complexity index is 77.6. The third-order valence-corrected chi connectivity index (χ3v) is 0.822. The van der Waals surface area contributed by atoms with Gasteiger partial charge in [0.15, 0.2) is 5.79 Å². The van der Waals surface area contributed by atoms with E-state index in [1.165, 1.54) is 0 Å². The molecule has 0 rings (SSSR count). The van der Waals surface area contributed by atoms with E-state index < -0.39 is 5.79 Å². The van der Waals surface area contributed by atoms with Crippen molar-refractivity contribution in [1.29, 1.82) is 0 Å². The Morgan fingerprint density at radius 2 is 2.11 bits per heavy atom. The van der Waals surface area contributed by atoms with Crippen LogP contribution in [0.15, 0.2) is 0 Å². The van der Waals surface area contributed by atoms with Crippen molar-refractivity contribution in [3.8, 4) is 0 Å². The lowest BCUT2D eigenvalue weighted by atomic mass is 10.3. The summed E-state index contributed by atoms with van der Waals surface area (Å²) in [6, 6.07) is 0. The third kappa shape index (κ3) is 5.76. The first-order valence-corrected chi connectivity index (χ1v) is 3.06. The number of nitrogens with two attached hydrogens (primary N) is 1. The van der Waals surface area contributed by atoms with Gasteiger partial charge in [0.05, 0.1) is 6.10 Å². The molecule has 0 aliphatic heterocycles. The Kier molecular flexibility index (Phi) is 3.11. The van der Waals surface area contributed by atoms with E-state index in [9.17, 15) is 0 Å². The largest absolute Gasteiger partial charge is 0.366 e. The summed E-state index contributed by atoms with van der Waals surface area (Å²) in [5.41, 5.74) is 5.24. The van der Waals surface area contributed by atoms with Gasteiger partial charge in [-0.1, -0.05) is 0 Å². The van der Waals surface area contributed by atoms with Crippen molar-refractivity contribution in [2.45, 2.75) is 32.7 Å². The molecule has 0 aliphatic rings. The Morgan fingerprint density at radius 3 is 2.22 bits per heavy atom. The van der Waals surface area contributed by atoms with Crippen LogP contribution in [0, 0.1) is 0 Å². The molecule has 0 spiro atoms. The molecule has 0 unspecified atom stereocenters. The molecule has 0 aromatic rings. The second-order valence-corrected chi connectivity index (χ2v) is 2.61. The number of ether oxygens (including phenoxy) is 1. The van der Waals surface area contributed by atoms with Gasteiger partial charge in [-0.05, 0) is 20.8 Å². The molecule has 0 fully saturated rings. The Morgan fingerprint density at radius 1 is 1.67 bits per heavy atom. The van der Waals surface area contributed by atoms with Gasteiger partial charge in [0.2, 0.25) is 0 Å². The molecular weight excluding hydrogens is 118 g/mol. The van der Waals surface area contributed by atoms with Gasteiger partial charge in [0.25, 0.3) is 0 Å². The smallest absolute Gasteiger partial charge is 0.160 e. The van der Waals surface area contributed by atoms with Crippen LogP contribution in [0.4, 0.5) is 0 Å². The molecule has 9 heavy (non-hydrogen) atoms. The van der Waals surface area contributed by atoms with Crippen LogP contribution in [-0.4, -0.2) is 23.5 Å². The summed E-state index contributed by atoms with van der Waals surface area (Å²) in [4.78, 5) is 0. The molecule has 0 saturated carbocycles. The van der Waals surface area contributed by atoms with E-state index in [0.717, 1.165) is 0 Å². The quantitative estimate of drug-likeness (QED) is 0.536. The van der Waals surface area contributed by atoms with E-state index in [1.807, 2.05) is 6.92 Å².